The molecule has 6 nitrogen and oxygen atoms in total. The Morgan fingerprint density at radius 1 is 1.03 bits per heavy atom. The molecule has 0 aliphatic heterocycles. The van der Waals surface area contributed by atoms with Gasteiger partial charge in [-0.25, -0.2) is 13.2 Å². The Morgan fingerprint density at radius 3 is 2.28 bits per heavy atom. The fourth-order valence-electron chi connectivity index (χ4n) is 2.48. The van der Waals surface area contributed by atoms with Gasteiger partial charge < -0.3 is 9.84 Å². The standard InChI is InChI=1S/C18H12F3NO5S2/c19-18(20,21)12-8-4-5-9-15(12)29(25,26)22-13-10-14(11-6-2-1-3-7-11)28-16(13)27-17(23)24/h1-10,22H,(H,23,24). The predicted molar refractivity (Wildman–Crippen MR) is 101 cm³/mol. The van der Waals surface area contributed by atoms with Crippen molar-refractivity contribution in [2.24, 2.45) is 0 Å². The SMILES string of the molecule is O=C(O)Oc1sc(-c2ccccc2)cc1NS(=O)(=O)c1ccccc1C(F)(F)F. The van der Waals surface area contributed by atoms with E-state index < -0.39 is 32.8 Å². The molecule has 0 aliphatic carbocycles. The van der Waals surface area contributed by atoms with Crippen molar-refractivity contribution in [3.05, 3.63) is 66.2 Å². The van der Waals surface area contributed by atoms with E-state index in [2.05, 4.69) is 4.74 Å². The lowest BCUT2D eigenvalue weighted by molar-refractivity contribution is -0.139. The van der Waals surface area contributed by atoms with Crippen molar-refractivity contribution in [1.82, 2.24) is 0 Å². The van der Waals surface area contributed by atoms with Gasteiger partial charge in [-0.3, -0.25) is 4.72 Å². The number of sulfonamides is 1. The van der Waals surface area contributed by atoms with Crippen LogP contribution in [0.2, 0.25) is 0 Å². The number of nitrogens with one attached hydrogen (secondary N) is 1. The van der Waals surface area contributed by atoms with E-state index in [1.807, 2.05) is 4.72 Å². The Bertz CT molecular complexity index is 1140. The zero-order chi connectivity index (χ0) is 21.2. The average Bonchev–Trinajstić information content (AvgIpc) is 3.03. The molecule has 0 saturated heterocycles. The number of halogens is 3. The summed E-state index contributed by atoms with van der Waals surface area (Å²) in [6, 6.07) is 13.6. The zero-order valence-corrected chi connectivity index (χ0v) is 15.9. The normalized spacial score (nSPS) is 11.8. The summed E-state index contributed by atoms with van der Waals surface area (Å²) in [5.41, 5.74) is -0.978. The Labute approximate surface area is 167 Å². The number of benzene rings is 2. The lowest BCUT2D eigenvalue weighted by Gasteiger charge is -2.14. The fraction of sp³-hybridized carbons (Fsp3) is 0.0556. The van der Waals surface area contributed by atoms with E-state index in [4.69, 9.17) is 5.11 Å². The highest BCUT2D eigenvalue weighted by molar-refractivity contribution is 7.92. The van der Waals surface area contributed by atoms with Crippen LogP contribution in [0.4, 0.5) is 23.7 Å². The van der Waals surface area contributed by atoms with Gasteiger partial charge in [0.2, 0.25) is 5.06 Å². The summed E-state index contributed by atoms with van der Waals surface area (Å²) in [5.74, 6) is 0. The maximum atomic E-state index is 13.2. The van der Waals surface area contributed by atoms with Crippen LogP contribution in [0.3, 0.4) is 0 Å². The molecule has 3 rings (SSSR count). The highest BCUT2D eigenvalue weighted by Gasteiger charge is 2.37. The van der Waals surface area contributed by atoms with E-state index >= 15 is 0 Å². The molecule has 29 heavy (non-hydrogen) atoms. The molecule has 0 fully saturated rings. The Kier molecular flexibility index (Phi) is 5.53. The van der Waals surface area contributed by atoms with Gasteiger partial charge in [-0.2, -0.15) is 13.2 Å². The molecule has 0 atom stereocenters. The molecule has 0 amide bonds. The minimum absolute atomic E-state index is 0.284. The molecule has 152 valence electrons. The van der Waals surface area contributed by atoms with Crippen LogP contribution in [-0.2, 0) is 16.2 Å². The number of anilines is 1. The second kappa shape index (κ2) is 7.76. The van der Waals surface area contributed by atoms with Gasteiger partial charge in [-0.05, 0) is 23.8 Å². The highest BCUT2D eigenvalue weighted by atomic mass is 32.2. The summed E-state index contributed by atoms with van der Waals surface area (Å²) in [7, 11) is -4.69. The third-order valence-corrected chi connectivity index (χ3v) is 6.15. The topological polar surface area (TPSA) is 92.7 Å². The number of thiophene rings is 1. The number of carbonyl (C=O) groups is 1. The number of rotatable bonds is 5. The summed E-state index contributed by atoms with van der Waals surface area (Å²) < 4.78 is 71.5. The average molecular weight is 443 g/mol. The Morgan fingerprint density at radius 2 is 1.66 bits per heavy atom. The van der Waals surface area contributed by atoms with Crippen molar-refractivity contribution < 1.29 is 36.2 Å². The van der Waals surface area contributed by atoms with Gasteiger partial charge in [0, 0.05) is 4.88 Å². The molecule has 1 aromatic heterocycles. The first kappa shape index (κ1) is 20.7. The van der Waals surface area contributed by atoms with E-state index in [1.54, 1.807) is 30.3 Å². The molecule has 0 spiro atoms. The molecule has 0 unspecified atom stereocenters. The first-order valence-electron chi connectivity index (χ1n) is 7.87. The van der Waals surface area contributed by atoms with Crippen molar-refractivity contribution >= 4 is 33.2 Å². The van der Waals surface area contributed by atoms with Crippen molar-refractivity contribution in [2.75, 3.05) is 4.72 Å². The quantitative estimate of drug-likeness (QED) is 0.523. The van der Waals surface area contributed by atoms with Crippen LogP contribution in [0.25, 0.3) is 10.4 Å². The van der Waals surface area contributed by atoms with Gasteiger partial charge in [0.15, 0.2) is 0 Å². The molecule has 2 N–H and O–H groups in total. The number of hydrogen-bond donors (Lipinski definition) is 2. The van der Waals surface area contributed by atoms with Gasteiger partial charge in [0.05, 0.1) is 10.5 Å². The summed E-state index contributed by atoms with van der Waals surface area (Å²) in [5, 5.41) is 8.58. The summed E-state index contributed by atoms with van der Waals surface area (Å²) in [6.07, 6.45) is -6.59. The fourth-order valence-corrected chi connectivity index (χ4v) is 4.79. The van der Waals surface area contributed by atoms with Gasteiger partial charge in [-0.1, -0.05) is 53.8 Å². The van der Waals surface area contributed by atoms with E-state index in [1.165, 1.54) is 6.07 Å². The van der Waals surface area contributed by atoms with E-state index in [-0.39, 0.29) is 10.8 Å². The van der Waals surface area contributed by atoms with E-state index in [0.29, 0.717) is 16.5 Å². The summed E-state index contributed by atoms with van der Waals surface area (Å²) in [6.45, 7) is 0. The lowest BCUT2D eigenvalue weighted by Crippen LogP contribution is -2.19. The monoisotopic (exact) mass is 443 g/mol. The van der Waals surface area contributed by atoms with Gasteiger partial charge in [-0.15, -0.1) is 0 Å². The third kappa shape index (κ3) is 4.69. The third-order valence-electron chi connectivity index (χ3n) is 3.66. The number of carboxylic acid groups (broad SMARTS) is 1. The minimum Gasteiger partial charge on any atom is -0.449 e. The summed E-state index contributed by atoms with van der Waals surface area (Å²) >= 11 is 0.834. The van der Waals surface area contributed by atoms with Crippen LogP contribution in [0, 0.1) is 0 Å². The lowest BCUT2D eigenvalue weighted by atomic mass is 10.2. The molecule has 11 heteroatoms. The molecule has 1 heterocycles. The first-order chi connectivity index (χ1) is 13.6. The van der Waals surface area contributed by atoms with Crippen LogP contribution in [-0.4, -0.2) is 19.7 Å². The smallest absolute Gasteiger partial charge is 0.449 e. The molecular weight excluding hydrogens is 431 g/mol. The molecule has 0 radical (unpaired) electrons. The summed E-state index contributed by atoms with van der Waals surface area (Å²) in [4.78, 5) is 10.4. The number of ether oxygens (including phenoxy) is 1. The maximum Gasteiger partial charge on any atom is 0.512 e. The minimum atomic E-state index is -4.89. The van der Waals surface area contributed by atoms with Crippen LogP contribution in [0.1, 0.15) is 5.56 Å². The first-order valence-corrected chi connectivity index (χ1v) is 10.2. The zero-order valence-electron chi connectivity index (χ0n) is 14.3. The predicted octanol–water partition coefficient (Wildman–Crippen LogP) is 5.29. The highest BCUT2D eigenvalue weighted by Crippen LogP contribution is 2.42. The molecule has 2 aromatic carbocycles. The van der Waals surface area contributed by atoms with Gasteiger partial charge in [0.25, 0.3) is 10.0 Å². The van der Waals surface area contributed by atoms with Crippen LogP contribution in [0.15, 0.2) is 65.6 Å². The van der Waals surface area contributed by atoms with E-state index in [9.17, 15) is 26.4 Å². The van der Waals surface area contributed by atoms with Crippen molar-refractivity contribution in [1.29, 1.82) is 0 Å². The Balaban J connectivity index is 2.05. The number of hydrogen-bond acceptors (Lipinski definition) is 5. The molecule has 3 aromatic rings. The number of alkyl halides is 3. The van der Waals surface area contributed by atoms with Gasteiger partial charge >= 0.3 is 12.3 Å². The van der Waals surface area contributed by atoms with Crippen molar-refractivity contribution in [2.45, 2.75) is 11.1 Å². The molecular formula is C18H12F3NO5S2. The van der Waals surface area contributed by atoms with Crippen molar-refractivity contribution in [3.8, 4) is 15.5 Å². The molecule has 0 aliphatic rings. The molecule has 0 saturated carbocycles. The largest absolute Gasteiger partial charge is 0.512 e. The van der Waals surface area contributed by atoms with Crippen LogP contribution >= 0.6 is 11.3 Å². The van der Waals surface area contributed by atoms with Gasteiger partial charge in [0.1, 0.15) is 5.69 Å². The Hall–Kier alpha value is -3.05. The second-order valence-electron chi connectivity index (χ2n) is 5.65. The van der Waals surface area contributed by atoms with Crippen LogP contribution in [0.5, 0.6) is 5.06 Å². The molecule has 0 bridgehead atoms. The maximum absolute atomic E-state index is 13.2. The van der Waals surface area contributed by atoms with Crippen molar-refractivity contribution in [3.63, 3.8) is 0 Å². The second-order valence-corrected chi connectivity index (χ2v) is 8.31. The van der Waals surface area contributed by atoms with Crippen LogP contribution < -0.4 is 9.46 Å². The van der Waals surface area contributed by atoms with E-state index in [0.717, 1.165) is 29.5 Å².